The molecule has 0 saturated heterocycles. The summed E-state index contributed by atoms with van der Waals surface area (Å²) < 4.78 is 8.50. The van der Waals surface area contributed by atoms with E-state index in [9.17, 15) is 4.79 Å². The summed E-state index contributed by atoms with van der Waals surface area (Å²) in [6, 6.07) is 15.7. The van der Waals surface area contributed by atoms with Gasteiger partial charge in [-0.3, -0.25) is 4.79 Å². The summed E-state index contributed by atoms with van der Waals surface area (Å²) in [7, 11) is 0. The highest BCUT2D eigenvalue weighted by Crippen LogP contribution is 2.24. The van der Waals surface area contributed by atoms with Crippen molar-refractivity contribution in [1.82, 2.24) is 9.55 Å². The van der Waals surface area contributed by atoms with Gasteiger partial charge < -0.3 is 9.30 Å². The second-order valence-electron chi connectivity index (χ2n) is 5.16. The number of nitrogens with zero attached hydrogens (tertiary/aromatic N) is 2. The summed E-state index contributed by atoms with van der Waals surface area (Å²) in [4.78, 5) is 16.8. The molecule has 24 heavy (non-hydrogen) atoms. The van der Waals surface area contributed by atoms with Crippen molar-refractivity contribution >= 4 is 51.7 Å². The number of hydrogen-bond acceptors (Lipinski definition) is 4. The van der Waals surface area contributed by atoms with Crippen molar-refractivity contribution in [3.8, 4) is 11.4 Å². The van der Waals surface area contributed by atoms with E-state index < -0.39 is 0 Å². The van der Waals surface area contributed by atoms with Crippen LogP contribution in [-0.4, -0.2) is 22.1 Å². The molecular weight excluding hydrogens is 435 g/mol. The summed E-state index contributed by atoms with van der Waals surface area (Å²) in [5, 5.41) is 0.862. The molecule has 0 fully saturated rings. The molecule has 0 bridgehead atoms. The fraction of sp³-hybridized carbons (Fsp3) is 0.167. The summed E-state index contributed by atoms with van der Waals surface area (Å²) in [6.45, 7) is 2.17. The molecule has 0 aliphatic carbocycles. The van der Waals surface area contributed by atoms with Gasteiger partial charge in [-0.2, -0.15) is 0 Å². The molecule has 0 radical (unpaired) electrons. The molecule has 0 unspecified atom stereocenters. The van der Waals surface area contributed by atoms with Gasteiger partial charge in [0.05, 0.1) is 12.1 Å². The second-order valence-corrected chi connectivity index (χ2v) is 6.79. The minimum atomic E-state index is -0.322. The lowest BCUT2D eigenvalue weighted by atomic mass is 10.2. The molecule has 0 atom stereocenters. The summed E-state index contributed by atoms with van der Waals surface area (Å²) >= 11 is 7.90. The van der Waals surface area contributed by atoms with Gasteiger partial charge in [0.2, 0.25) is 0 Å². The fourth-order valence-corrected chi connectivity index (χ4v) is 3.29. The van der Waals surface area contributed by atoms with Crippen LogP contribution in [0.2, 0.25) is 0 Å². The molecule has 2 aromatic carbocycles. The zero-order valence-corrected chi connectivity index (χ0v) is 16.0. The minimum Gasteiger partial charge on any atom is -0.465 e. The monoisotopic (exact) mass is 450 g/mol. The third-order valence-corrected chi connectivity index (χ3v) is 4.65. The second kappa shape index (κ2) is 7.40. The van der Waals surface area contributed by atoms with E-state index in [0.29, 0.717) is 17.1 Å². The van der Waals surface area contributed by atoms with Gasteiger partial charge in [0.25, 0.3) is 0 Å². The Bertz CT molecular complexity index is 954. The molecule has 0 aliphatic heterocycles. The molecule has 3 aromatic rings. The van der Waals surface area contributed by atoms with Gasteiger partial charge in [0, 0.05) is 14.5 Å². The molecule has 3 rings (SSSR count). The predicted molar refractivity (Wildman–Crippen MR) is 105 cm³/mol. The average Bonchev–Trinajstić information content (AvgIpc) is 2.59. The van der Waals surface area contributed by atoms with Crippen LogP contribution in [0.15, 0.2) is 48.5 Å². The molecule has 1 aromatic heterocycles. The number of hydrogen-bond donors (Lipinski definition) is 0. The van der Waals surface area contributed by atoms with Crippen LogP contribution in [0, 0.1) is 8.21 Å². The smallest absolute Gasteiger partial charge is 0.326 e. The number of esters is 1. The first kappa shape index (κ1) is 17.0. The predicted octanol–water partition coefficient (Wildman–Crippen LogP) is 4.60. The Balaban J connectivity index is 2.26. The van der Waals surface area contributed by atoms with E-state index >= 15 is 0 Å². The van der Waals surface area contributed by atoms with E-state index in [1.807, 2.05) is 48.5 Å². The molecular formula is C18H15IN2O2S. The van der Waals surface area contributed by atoms with Crippen molar-refractivity contribution in [3.05, 3.63) is 56.7 Å². The van der Waals surface area contributed by atoms with Crippen molar-refractivity contribution in [2.45, 2.75) is 13.5 Å². The molecule has 0 spiro atoms. The van der Waals surface area contributed by atoms with Crippen molar-refractivity contribution in [2.24, 2.45) is 0 Å². The SMILES string of the molecule is CCOC(=O)Cn1c(-c2ccccc2)nc2ccc(I)cc2c1=S. The Kier molecular flexibility index (Phi) is 5.25. The maximum Gasteiger partial charge on any atom is 0.326 e. The molecule has 0 N–H and O–H groups in total. The Morgan fingerprint density at radius 1 is 1.25 bits per heavy atom. The molecule has 0 amide bonds. The quantitative estimate of drug-likeness (QED) is 0.331. The van der Waals surface area contributed by atoms with Crippen LogP contribution >= 0.6 is 34.8 Å². The molecule has 6 heteroatoms. The maximum absolute atomic E-state index is 12.0. The van der Waals surface area contributed by atoms with Gasteiger partial charge in [0.1, 0.15) is 17.0 Å². The van der Waals surface area contributed by atoms with E-state index in [-0.39, 0.29) is 12.5 Å². The van der Waals surface area contributed by atoms with Gasteiger partial charge >= 0.3 is 5.97 Å². The summed E-state index contributed by atoms with van der Waals surface area (Å²) in [5.41, 5.74) is 1.73. The highest BCUT2D eigenvalue weighted by molar-refractivity contribution is 14.1. The molecule has 0 saturated carbocycles. The van der Waals surface area contributed by atoms with E-state index in [1.54, 1.807) is 11.5 Å². The van der Waals surface area contributed by atoms with Crippen LogP contribution < -0.4 is 0 Å². The van der Waals surface area contributed by atoms with E-state index in [4.69, 9.17) is 21.9 Å². The van der Waals surface area contributed by atoms with Crippen LogP contribution in [0.1, 0.15) is 6.92 Å². The van der Waals surface area contributed by atoms with Gasteiger partial charge in [-0.25, -0.2) is 4.98 Å². The van der Waals surface area contributed by atoms with Gasteiger partial charge in [-0.05, 0) is 47.7 Å². The van der Waals surface area contributed by atoms with Crippen molar-refractivity contribution in [3.63, 3.8) is 0 Å². The summed E-state index contributed by atoms with van der Waals surface area (Å²) in [5.74, 6) is 0.347. The zero-order valence-electron chi connectivity index (χ0n) is 13.0. The van der Waals surface area contributed by atoms with Gasteiger partial charge in [-0.15, -0.1) is 0 Å². The Labute approximate surface area is 158 Å². The number of fused-ring (bicyclic) bond motifs is 1. The van der Waals surface area contributed by atoms with E-state index in [2.05, 4.69) is 22.6 Å². The Morgan fingerprint density at radius 3 is 2.71 bits per heavy atom. The van der Waals surface area contributed by atoms with Crippen LogP contribution in [-0.2, 0) is 16.1 Å². The minimum absolute atomic E-state index is 0.0469. The van der Waals surface area contributed by atoms with E-state index in [1.165, 1.54) is 0 Å². The number of carbonyl (C=O) groups is 1. The molecule has 4 nitrogen and oxygen atoms in total. The first-order chi connectivity index (χ1) is 11.6. The fourth-order valence-electron chi connectivity index (χ4n) is 2.48. The third kappa shape index (κ3) is 3.49. The lowest BCUT2D eigenvalue weighted by Gasteiger charge is -2.15. The van der Waals surface area contributed by atoms with Crippen LogP contribution in [0.5, 0.6) is 0 Å². The maximum atomic E-state index is 12.0. The number of aromatic nitrogens is 2. The summed E-state index contributed by atoms with van der Waals surface area (Å²) in [6.07, 6.45) is 0. The highest BCUT2D eigenvalue weighted by Gasteiger charge is 2.14. The first-order valence-electron chi connectivity index (χ1n) is 7.51. The largest absolute Gasteiger partial charge is 0.465 e. The molecule has 1 heterocycles. The van der Waals surface area contributed by atoms with Crippen LogP contribution in [0.4, 0.5) is 0 Å². The molecule has 122 valence electrons. The lowest BCUT2D eigenvalue weighted by molar-refractivity contribution is -0.143. The number of rotatable bonds is 4. The number of benzene rings is 2. The van der Waals surface area contributed by atoms with Gasteiger partial charge in [-0.1, -0.05) is 42.5 Å². The topological polar surface area (TPSA) is 44.1 Å². The Morgan fingerprint density at radius 2 is 2.00 bits per heavy atom. The average molecular weight is 450 g/mol. The molecule has 0 aliphatic rings. The van der Waals surface area contributed by atoms with Crippen molar-refractivity contribution in [2.75, 3.05) is 6.61 Å². The normalized spacial score (nSPS) is 10.8. The van der Waals surface area contributed by atoms with Crippen LogP contribution in [0.25, 0.3) is 22.3 Å². The number of carbonyl (C=O) groups excluding carboxylic acids is 1. The first-order valence-corrected chi connectivity index (χ1v) is 9.00. The zero-order chi connectivity index (χ0) is 17.1. The highest BCUT2D eigenvalue weighted by atomic mass is 127. The van der Waals surface area contributed by atoms with E-state index in [0.717, 1.165) is 20.0 Å². The van der Waals surface area contributed by atoms with Gasteiger partial charge in [0.15, 0.2) is 0 Å². The number of ether oxygens (including phenoxy) is 1. The van der Waals surface area contributed by atoms with Crippen LogP contribution in [0.3, 0.4) is 0 Å². The van der Waals surface area contributed by atoms with Crippen molar-refractivity contribution < 1.29 is 9.53 Å². The lowest BCUT2D eigenvalue weighted by Crippen LogP contribution is -2.17. The Hall–Kier alpha value is -1.80. The standard InChI is InChI=1S/C18H15IN2O2S/c1-2-23-16(22)11-21-17(12-6-4-3-5-7-12)20-15-9-8-13(19)10-14(15)18(21)24/h3-10H,2,11H2,1H3. The van der Waals surface area contributed by atoms with Crippen molar-refractivity contribution in [1.29, 1.82) is 0 Å². The number of halogens is 1. The third-order valence-electron chi connectivity index (χ3n) is 3.54.